The van der Waals surface area contributed by atoms with Crippen molar-refractivity contribution in [3.05, 3.63) is 77.7 Å². The summed E-state index contributed by atoms with van der Waals surface area (Å²) in [7, 11) is 0. The highest BCUT2D eigenvalue weighted by Crippen LogP contribution is 2.31. The van der Waals surface area contributed by atoms with E-state index in [1.807, 2.05) is 39.0 Å². The maximum atomic E-state index is 14.1. The second kappa shape index (κ2) is 11.5. The van der Waals surface area contributed by atoms with E-state index in [1.165, 1.54) is 15.6 Å². The van der Waals surface area contributed by atoms with E-state index in [0.717, 1.165) is 0 Å². The molecule has 4 rings (SSSR count). The summed E-state index contributed by atoms with van der Waals surface area (Å²) in [6.45, 7) is 9.26. The topological polar surface area (TPSA) is 120 Å². The number of ether oxygens (including phenoxy) is 1. The molecule has 0 aliphatic rings. The fourth-order valence-corrected chi connectivity index (χ4v) is 4.14. The molecule has 10 heteroatoms. The van der Waals surface area contributed by atoms with Gasteiger partial charge in [0.2, 0.25) is 5.91 Å². The average molecular weight is 532 g/mol. The smallest absolute Gasteiger partial charge is 0.338 e. The molecule has 2 aromatic heterocycles. The van der Waals surface area contributed by atoms with Crippen LogP contribution < -0.4 is 10.2 Å². The van der Waals surface area contributed by atoms with Crippen LogP contribution in [0.4, 0.5) is 5.69 Å². The predicted molar refractivity (Wildman–Crippen MR) is 146 cm³/mol. The number of aryl methyl sites for hydroxylation is 1. The van der Waals surface area contributed by atoms with Gasteiger partial charge < -0.3 is 14.5 Å². The fraction of sp³-hybridized carbons (Fsp3) is 0.345. The summed E-state index contributed by atoms with van der Waals surface area (Å²) in [6, 6.07) is 16.0. The van der Waals surface area contributed by atoms with Gasteiger partial charge in [0.25, 0.3) is 5.91 Å². The van der Waals surface area contributed by atoms with Gasteiger partial charge in [0.1, 0.15) is 23.6 Å². The summed E-state index contributed by atoms with van der Waals surface area (Å²) in [6.07, 6.45) is 0.667. The van der Waals surface area contributed by atoms with Crippen LogP contribution in [0.25, 0.3) is 11.0 Å². The highest BCUT2D eigenvalue weighted by molar-refractivity contribution is 6.02. The first-order valence-corrected chi connectivity index (χ1v) is 12.9. The number of fused-ring (bicyclic) bond motifs is 1. The summed E-state index contributed by atoms with van der Waals surface area (Å²) in [5, 5.41) is 11.3. The molecule has 0 unspecified atom stereocenters. The van der Waals surface area contributed by atoms with Crippen LogP contribution in [-0.4, -0.2) is 44.9 Å². The normalized spacial score (nSPS) is 12.2. The van der Waals surface area contributed by atoms with E-state index in [2.05, 4.69) is 15.6 Å². The molecule has 0 aliphatic heterocycles. The molecule has 0 spiro atoms. The van der Waals surface area contributed by atoms with Crippen molar-refractivity contribution in [2.75, 3.05) is 11.5 Å². The molecule has 1 atom stereocenters. The highest BCUT2D eigenvalue weighted by atomic mass is 16.5. The lowest BCUT2D eigenvalue weighted by atomic mass is 10.0. The molecule has 0 bridgehead atoms. The quantitative estimate of drug-likeness (QED) is 0.297. The second-order valence-electron chi connectivity index (χ2n) is 9.85. The number of esters is 1. The van der Waals surface area contributed by atoms with Crippen LogP contribution in [0.15, 0.2) is 65.1 Å². The third-order valence-corrected chi connectivity index (χ3v) is 6.49. The van der Waals surface area contributed by atoms with Crippen LogP contribution in [0, 0.1) is 6.92 Å². The average Bonchev–Trinajstić information content (AvgIpc) is 3.53. The summed E-state index contributed by atoms with van der Waals surface area (Å²) in [5.41, 5.74) is 1.36. The molecular formula is C29H33N5O5. The van der Waals surface area contributed by atoms with Crippen molar-refractivity contribution >= 4 is 34.5 Å². The number of nitrogens with zero attached hydrogens (tertiary/aromatic N) is 4. The molecule has 2 amide bonds. The molecule has 4 aromatic rings. The van der Waals surface area contributed by atoms with Gasteiger partial charge in [-0.1, -0.05) is 30.3 Å². The molecular weight excluding hydrogens is 498 g/mol. The lowest BCUT2D eigenvalue weighted by Crippen LogP contribution is -2.51. The maximum absolute atomic E-state index is 14.1. The van der Waals surface area contributed by atoms with E-state index in [9.17, 15) is 14.4 Å². The number of hydrogen-bond donors (Lipinski definition) is 1. The Morgan fingerprint density at radius 3 is 2.54 bits per heavy atom. The van der Waals surface area contributed by atoms with Crippen molar-refractivity contribution in [1.29, 1.82) is 0 Å². The van der Waals surface area contributed by atoms with Crippen molar-refractivity contribution in [2.24, 2.45) is 0 Å². The van der Waals surface area contributed by atoms with Gasteiger partial charge in [0, 0.05) is 11.2 Å². The molecule has 0 saturated heterocycles. The van der Waals surface area contributed by atoms with E-state index < -0.39 is 29.4 Å². The Balaban J connectivity index is 1.84. The zero-order valence-corrected chi connectivity index (χ0v) is 22.8. The van der Waals surface area contributed by atoms with E-state index in [4.69, 9.17) is 9.15 Å². The number of anilines is 1. The largest absolute Gasteiger partial charge is 0.464 e. The van der Waals surface area contributed by atoms with Crippen molar-refractivity contribution in [3.63, 3.8) is 0 Å². The van der Waals surface area contributed by atoms with Gasteiger partial charge in [-0.05, 0) is 76.6 Å². The van der Waals surface area contributed by atoms with Gasteiger partial charge in [0.05, 0.1) is 17.7 Å². The Kier molecular flexibility index (Phi) is 8.13. The molecule has 204 valence electrons. The van der Waals surface area contributed by atoms with E-state index in [0.29, 0.717) is 28.9 Å². The molecule has 0 fully saturated rings. The molecule has 0 radical (unpaired) electrons. The molecule has 10 nitrogen and oxygen atoms in total. The SMILES string of the molecule is CCOC(=O)c1cccc(N(C(=O)Cn2nnc3ccccc32)[C@H](C(=O)NC(C)(C)CC)c2ccc(C)o2)c1. The third kappa shape index (κ3) is 6.17. The first-order valence-electron chi connectivity index (χ1n) is 12.9. The van der Waals surface area contributed by atoms with Crippen LogP contribution in [0.1, 0.15) is 62.0 Å². The zero-order valence-electron chi connectivity index (χ0n) is 22.8. The standard InChI is InChI=1S/C29H33N5O5/c1-6-29(4,5)30-27(36)26(24-16-15-19(3)39-24)34(21-12-10-11-20(17-21)28(37)38-7-2)25(35)18-33-23-14-9-8-13-22(23)31-32-33/h8-17,26H,6-7,18H2,1-5H3,(H,30,36)/t26-/m0/s1. The lowest BCUT2D eigenvalue weighted by Gasteiger charge is -2.33. The van der Waals surface area contributed by atoms with Gasteiger partial charge >= 0.3 is 5.97 Å². The van der Waals surface area contributed by atoms with Crippen molar-refractivity contribution in [1.82, 2.24) is 20.3 Å². The second-order valence-corrected chi connectivity index (χ2v) is 9.85. The van der Waals surface area contributed by atoms with Crippen LogP contribution in [-0.2, 0) is 20.9 Å². The van der Waals surface area contributed by atoms with Crippen molar-refractivity contribution < 1.29 is 23.5 Å². The fourth-order valence-electron chi connectivity index (χ4n) is 4.14. The molecule has 39 heavy (non-hydrogen) atoms. The van der Waals surface area contributed by atoms with Crippen molar-refractivity contribution in [3.8, 4) is 0 Å². The lowest BCUT2D eigenvalue weighted by molar-refractivity contribution is -0.128. The van der Waals surface area contributed by atoms with Crippen molar-refractivity contribution in [2.45, 2.75) is 59.2 Å². The number of benzene rings is 2. The first kappa shape index (κ1) is 27.6. The molecule has 0 saturated carbocycles. The number of hydrogen-bond acceptors (Lipinski definition) is 7. The Labute approximate surface area is 226 Å². The predicted octanol–water partition coefficient (Wildman–Crippen LogP) is 4.59. The molecule has 1 N–H and O–H groups in total. The number of nitrogens with one attached hydrogen (secondary N) is 1. The van der Waals surface area contributed by atoms with Crippen LogP contribution in [0.3, 0.4) is 0 Å². The number of para-hydroxylation sites is 1. The van der Waals surface area contributed by atoms with Crippen LogP contribution in [0.2, 0.25) is 0 Å². The molecule has 0 aliphatic carbocycles. The Hall–Kier alpha value is -4.47. The van der Waals surface area contributed by atoms with Gasteiger partial charge in [-0.3, -0.25) is 14.5 Å². The van der Waals surface area contributed by atoms with Gasteiger partial charge in [-0.15, -0.1) is 5.10 Å². The summed E-state index contributed by atoms with van der Waals surface area (Å²) < 4.78 is 12.6. The van der Waals surface area contributed by atoms with Gasteiger partial charge in [-0.25, -0.2) is 9.48 Å². The van der Waals surface area contributed by atoms with Gasteiger partial charge in [0.15, 0.2) is 6.04 Å². The number of furan rings is 1. The molecule has 2 aromatic carbocycles. The number of aromatic nitrogens is 3. The summed E-state index contributed by atoms with van der Waals surface area (Å²) in [5.74, 6) is -0.525. The van der Waals surface area contributed by atoms with Crippen LogP contribution >= 0.6 is 0 Å². The van der Waals surface area contributed by atoms with Gasteiger partial charge in [-0.2, -0.15) is 0 Å². The minimum atomic E-state index is -1.16. The van der Waals surface area contributed by atoms with E-state index in [-0.39, 0.29) is 24.5 Å². The number of carbonyl (C=O) groups is 3. The Bertz CT molecular complexity index is 1490. The number of rotatable bonds is 10. The minimum absolute atomic E-state index is 0.202. The van der Waals surface area contributed by atoms with E-state index >= 15 is 0 Å². The highest BCUT2D eigenvalue weighted by Gasteiger charge is 2.37. The maximum Gasteiger partial charge on any atom is 0.338 e. The Morgan fingerprint density at radius 2 is 1.85 bits per heavy atom. The molecule has 2 heterocycles. The number of carbonyl (C=O) groups excluding carboxylic acids is 3. The first-order chi connectivity index (χ1) is 18.6. The zero-order chi connectivity index (χ0) is 28.2. The summed E-state index contributed by atoms with van der Waals surface area (Å²) >= 11 is 0. The Morgan fingerprint density at radius 1 is 1.08 bits per heavy atom. The number of amides is 2. The monoisotopic (exact) mass is 531 g/mol. The van der Waals surface area contributed by atoms with Crippen LogP contribution in [0.5, 0.6) is 0 Å². The summed E-state index contributed by atoms with van der Waals surface area (Å²) in [4.78, 5) is 41.9. The minimum Gasteiger partial charge on any atom is -0.464 e. The third-order valence-electron chi connectivity index (χ3n) is 6.49. The van der Waals surface area contributed by atoms with E-state index in [1.54, 1.807) is 50.2 Å².